The van der Waals surface area contributed by atoms with Gasteiger partial charge in [0.2, 0.25) is 5.91 Å². The molecule has 0 radical (unpaired) electrons. The minimum absolute atomic E-state index is 0.252. The van der Waals surface area contributed by atoms with E-state index in [1.54, 1.807) is 0 Å². The van der Waals surface area contributed by atoms with Gasteiger partial charge in [0.05, 0.1) is 0 Å². The van der Waals surface area contributed by atoms with E-state index in [0.29, 0.717) is 18.3 Å². The van der Waals surface area contributed by atoms with E-state index < -0.39 is 0 Å². The van der Waals surface area contributed by atoms with Gasteiger partial charge in [0.25, 0.3) is 0 Å². The maximum atomic E-state index is 11.6. The van der Waals surface area contributed by atoms with Crippen molar-refractivity contribution >= 4 is 5.91 Å². The van der Waals surface area contributed by atoms with E-state index >= 15 is 0 Å². The maximum Gasteiger partial charge on any atom is 0.222 e. The van der Waals surface area contributed by atoms with Crippen LogP contribution in [0.5, 0.6) is 0 Å². The summed E-state index contributed by atoms with van der Waals surface area (Å²) in [5, 5.41) is 8.95. The van der Waals surface area contributed by atoms with E-state index in [1.165, 1.54) is 12.0 Å². The van der Waals surface area contributed by atoms with Crippen molar-refractivity contribution in [3.63, 3.8) is 0 Å². The minimum atomic E-state index is 0.252. The minimum Gasteiger partial charge on any atom is -0.396 e. The molecule has 2 unspecified atom stereocenters. The first-order chi connectivity index (χ1) is 7.70. The summed E-state index contributed by atoms with van der Waals surface area (Å²) in [5.74, 6) is 1.48. The quantitative estimate of drug-likeness (QED) is 0.722. The fourth-order valence-electron chi connectivity index (χ4n) is 2.94. The SMILES string of the molecule is CN1CC2CCC(CCO)=CC2CCC1=O. The van der Waals surface area contributed by atoms with Crippen molar-refractivity contribution in [2.75, 3.05) is 20.2 Å². The van der Waals surface area contributed by atoms with Crippen LogP contribution in [0.4, 0.5) is 0 Å². The number of hydrogen-bond donors (Lipinski definition) is 1. The molecule has 16 heavy (non-hydrogen) atoms. The molecule has 90 valence electrons. The molecule has 1 N–H and O–H groups in total. The largest absolute Gasteiger partial charge is 0.396 e. The summed E-state index contributed by atoms with van der Waals surface area (Å²) in [6, 6.07) is 0. The number of amides is 1. The molecule has 2 atom stereocenters. The van der Waals surface area contributed by atoms with Crippen LogP contribution in [0.1, 0.15) is 32.1 Å². The molecule has 1 fully saturated rings. The molecule has 0 bridgehead atoms. The Bertz CT molecular complexity index is 298. The molecule has 3 nitrogen and oxygen atoms in total. The first-order valence-corrected chi connectivity index (χ1v) is 6.25. The van der Waals surface area contributed by atoms with E-state index in [0.717, 1.165) is 25.8 Å². The highest BCUT2D eigenvalue weighted by molar-refractivity contribution is 5.76. The lowest BCUT2D eigenvalue weighted by Gasteiger charge is -2.30. The average molecular weight is 223 g/mol. The highest BCUT2D eigenvalue weighted by Gasteiger charge is 2.30. The van der Waals surface area contributed by atoms with Crippen LogP contribution in [-0.2, 0) is 4.79 Å². The fraction of sp³-hybridized carbons (Fsp3) is 0.769. The van der Waals surface area contributed by atoms with Gasteiger partial charge in [0.1, 0.15) is 0 Å². The van der Waals surface area contributed by atoms with Crippen LogP contribution in [0, 0.1) is 11.8 Å². The number of allylic oxidation sites excluding steroid dienone is 1. The summed E-state index contributed by atoms with van der Waals surface area (Å²) in [6.07, 6.45) is 7.09. The second kappa shape index (κ2) is 5.00. The molecule has 0 saturated carbocycles. The summed E-state index contributed by atoms with van der Waals surface area (Å²) in [4.78, 5) is 13.5. The van der Waals surface area contributed by atoms with E-state index in [4.69, 9.17) is 5.11 Å². The molecule has 0 spiro atoms. The summed E-state index contributed by atoms with van der Waals surface area (Å²) in [5.41, 5.74) is 1.39. The summed E-state index contributed by atoms with van der Waals surface area (Å²) >= 11 is 0. The van der Waals surface area contributed by atoms with Crippen molar-refractivity contribution in [3.05, 3.63) is 11.6 Å². The second-order valence-electron chi connectivity index (χ2n) is 5.07. The third-order valence-electron chi connectivity index (χ3n) is 3.95. The highest BCUT2D eigenvalue weighted by atomic mass is 16.3. The van der Waals surface area contributed by atoms with E-state index in [2.05, 4.69) is 6.08 Å². The molecule has 0 aromatic rings. The van der Waals surface area contributed by atoms with Gasteiger partial charge in [-0.05, 0) is 37.5 Å². The molecule has 1 aliphatic heterocycles. The van der Waals surface area contributed by atoms with Crippen LogP contribution < -0.4 is 0 Å². The van der Waals surface area contributed by atoms with Crippen molar-refractivity contribution in [1.29, 1.82) is 0 Å². The van der Waals surface area contributed by atoms with Crippen molar-refractivity contribution in [2.24, 2.45) is 11.8 Å². The van der Waals surface area contributed by atoms with E-state index in [-0.39, 0.29) is 12.5 Å². The van der Waals surface area contributed by atoms with Crippen LogP contribution >= 0.6 is 0 Å². The maximum absolute atomic E-state index is 11.6. The number of fused-ring (bicyclic) bond motifs is 1. The van der Waals surface area contributed by atoms with Crippen LogP contribution in [0.25, 0.3) is 0 Å². The Morgan fingerprint density at radius 2 is 2.25 bits per heavy atom. The lowest BCUT2D eigenvalue weighted by molar-refractivity contribution is -0.129. The zero-order valence-electron chi connectivity index (χ0n) is 9.98. The molecular formula is C13H21NO2. The number of hydrogen-bond acceptors (Lipinski definition) is 2. The zero-order chi connectivity index (χ0) is 11.5. The highest BCUT2D eigenvalue weighted by Crippen LogP contribution is 2.35. The zero-order valence-corrected chi connectivity index (χ0v) is 9.98. The Kier molecular flexibility index (Phi) is 3.64. The van der Waals surface area contributed by atoms with Gasteiger partial charge in [-0.1, -0.05) is 11.6 Å². The van der Waals surface area contributed by atoms with Gasteiger partial charge in [-0.25, -0.2) is 0 Å². The van der Waals surface area contributed by atoms with Crippen LogP contribution in [0.3, 0.4) is 0 Å². The molecule has 0 aromatic carbocycles. The van der Waals surface area contributed by atoms with Crippen LogP contribution in [0.15, 0.2) is 11.6 Å². The summed E-state index contributed by atoms with van der Waals surface area (Å²) in [6.45, 7) is 1.16. The van der Waals surface area contributed by atoms with Gasteiger partial charge in [-0.15, -0.1) is 0 Å². The molecule has 0 aromatic heterocycles. The topological polar surface area (TPSA) is 40.5 Å². The lowest BCUT2D eigenvalue weighted by Crippen LogP contribution is -2.31. The lowest BCUT2D eigenvalue weighted by atomic mass is 9.78. The normalized spacial score (nSPS) is 30.8. The predicted molar refractivity (Wildman–Crippen MR) is 62.9 cm³/mol. The molecular weight excluding hydrogens is 202 g/mol. The first-order valence-electron chi connectivity index (χ1n) is 6.25. The Morgan fingerprint density at radius 1 is 1.44 bits per heavy atom. The number of rotatable bonds is 2. The van der Waals surface area contributed by atoms with Gasteiger partial charge in [0, 0.05) is 26.6 Å². The number of aliphatic hydroxyl groups is 1. The van der Waals surface area contributed by atoms with Crippen LogP contribution in [-0.4, -0.2) is 36.1 Å². The predicted octanol–water partition coefficient (Wildman–Crippen LogP) is 1.57. The average Bonchev–Trinajstić information content (AvgIpc) is 2.41. The Hall–Kier alpha value is -0.830. The van der Waals surface area contributed by atoms with Gasteiger partial charge < -0.3 is 10.0 Å². The molecule has 1 saturated heterocycles. The summed E-state index contributed by atoms with van der Waals surface area (Å²) < 4.78 is 0. The monoisotopic (exact) mass is 223 g/mol. The molecule has 3 heteroatoms. The molecule has 1 aliphatic carbocycles. The molecule has 2 aliphatic rings. The molecule has 2 rings (SSSR count). The number of nitrogens with zero attached hydrogens (tertiary/aromatic N) is 1. The second-order valence-corrected chi connectivity index (χ2v) is 5.07. The van der Waals surface area contributed by atoms with Crippen molar-refractivity contribution in [1.82, 2.24) is 4.90 Å². The Labute approximate surface area is 97.1 Å². The third-order valence-corrected chi connectivity index (χ3v) is 3.95. The Morgan fingerprint density at radius 3 is 3.00 bits per heavy atom. The van der Waals surface area contributed by atoms with E-state index in [1.807, 2.05) is 11.9 Å². The first kappa shape index (κ1) is 11.6. The van der Waals surface area contributed by atoms with Crippen molar-refractivity contribution in [2.45, 2.75) is 32.1 Å². The number of carbonyl (C=O) groups is 1. The molecule has 1 heterocycles. The number of aliphatic hydroxyl groups excluding tert-OH is 1. The standard InChI is InChI=1S/C13H21NO2/c1-14-9-12-3-2-10(6-7-15)8-11(12)4-5-13(14)16/h8,11-12,15H,2-7,9H2,1H3. The third kappa shape index (κ3) is 2.46. The van der Waals surface area contributed by atoms with Gasteiger partial charge in [0.15, 0.2) is 0 Å². The number of likely N-dealkylation sites (tertiary alicyclic amines) is 1. The van der Waals surface area contributed by atoms with E-state index in [9.17, 15) is 4.79 Å². The Balaban J connectivity index is 2.06. The van der Waals surface area contributed by atoms with Crippen molar-refractivity contribution < 1.29 is 9.90 Å². The van der Waals surface area contributed by atoms with Gasteiger partial charge >= 0.3 is 0 Å². The van der Waals surface area contributed by atoms with Crippen LogP contribution in [0.2, 0.25) is 0 Å². The number of carbonyl (C=O) groups excluding carboxylic acids is 1. The smallest absolute Gasteiger partial charge is 0.222 e. The summed E-state index contributed by atoms with van der Waals surface area (Å²) in [7, 11) is 1.91. The van der Waals surface area contributed by atoms with Gasteiger partial charge in [-0.2, -0.15) is 0 Å². The fourth-order valence-corrected chi connectivity index (χ4v) is 2.94. The van der Waals surface area contributed by atoms with Crippen molar-refractivity contribution in [3.8, 4) is 0 Å². The molecule has 1 amide bonds. The van der Waals surface area contributed by atoms with Gasteiger partial charge in [-0.3, -0.25) is 4.79 Å².